The Hall–Kier alpha value is -1.60. The quantitative estimate of drug-likeness (QED) is 0.630. The van der Waals surface area contributed by atoms with Crippen molar-refractivity contribution in [2.45, 2.75) is 6.42 Å². The molecule has 0 unspecified atom stereocenters. The Balaban J connectivity index is 3.09. The summed E-state index contributed by atoms with van der Waals surface area (Å²) in [5, 5.41) is 8.50. The van der Waals surface area contributed by atoms with E-state index < -0.39 is 0 Å². The van der Waals surface area contributed by atoms with E-state index in [1.54, 1.807) is 6.07 Å². The minimum absolute atomic E-state index is 0.252. The zero-order valence-corrected chi connectivity index (χ0v) is 6.50. The summed E-state index contributed by atoms with van der Waals surface area (Å²) in [6, 6.07) is 4.96. The van der Waals surface area contributed by atoms with Gasteiger partial charge < -0.3 is 10.7 Å². The lowest BCUT2D eigenvalue weighted by molar-refractivity contribution is 0.956. The molecule has 12 heavy (non-hydrogen) atoms. The van der Waals surface area contributed by atoms with Gasteiger partial charge in [0, 0.05) is 6.07 Å². The van der Waals surface area contributed by atoms with E-state index in [0.29, 0.717) is 13.0 Å². The molecule has 3 N–H and O–H groups in total. The number of hydrogen-bond donors (Lipinski definition) is 2. The molecule has 0 fully saturated rings. The first kappa shape index (κ1) is 8.50. The van der Waals surface area contributed by atoms with Gasteiger partial charge in [0.05, 0.1) is 0 Å². The molecule has 0 saturated carbocycles. The van der Waals surface area contributed by atoms with E-state index in [1.807, 2.05) is 6.07 Å². The van der Waals surface area contributed by atoms with Crippen LogP contribution in [-0.4, -0.2) is 11.5 Å². The Morgan fingerprint density at radius 2 is 2.33 bits per heavy atom. The molecule has 0 spiro atoms. The minimum atomic E-state index is -0.252. The number of H-pyrrole nitrogens is 1. The molecule has 1 aromatic heterocycles. The molecule has 4 nitrogen and oxygen atoms in total. The summed E-state index contributed by atoms with van der Waals surface area (Å²) >= 11 is 0. The Morgan fingerprint density at radius 3 is 2.92 bits per heavy atom. The zero-order valence-electron chi connectivity index (χ0n) is 6.50. The van der Waals surface area contributed by atoms with Crippen molar-refractivity contribution in [3.05, 3.63) is 33.7 Å². The number of nitriles is 1. The third-order valence-corrected chi connectivity index (χ3v) is 1.46. The normalized spacial score (nSPS) is 9.33. The second-order valence-electron chi connectivity index (χ2n) is 2.42. The fourth-order valence-corrected chi connectivity index (χ4v) is 0.972. The van der Waals surface area contributed by atoms with Gasteiger partial charge in [0.1, 0.15) is 11.8 Å². The van der Waals surface area contributed by atoms with E-state index in [-0.39, 0.29) is 11.3 Å². The van der Waals surface area contributed by atoms with Crippen LogP contribution in [0, 0.1) is 11.3 Å². The van der Waals surface area contributed by atoms with Crippen molar-refractivity contribution in [1.29, 1.82) is 5.26 Å². The predicted octanol–water partition coefficient (Wildman–Crippen LogP) is -0.252. The zero-order chi connectivity index (χ0) is 8.97. The van der Waals surface area contributed by atoms with Crippen molar-refractivity contribution in [1.82, 2.24) is 4.98 Å². The van der Waals surface area contributed by atoms with Crippen LogP contribution in [0.5, 0.6) is 0 Å². The van der Waals surface area contributed by atoms with E-state index in [9.17, 15) is 4.79 Å². The molecular formula is C8H9N3O. The van der Waals surface area contributed by atoms with E-state index >= 15 is 0 Å². The molecule has 0 bridgehead atoms. The van der Waals surface area contributed by atoms with E-state index in [2.05, 4.69) is 4.98 Å². The van der Waals surface area contributed by atoms with E-state index in [0.717, 1.165) is 5.56 Å². The van der Waals surface area contributed by atoms with Crippen molar-refractivity contribution in [3.8, 4) is 6.07 Å². The average molecular weight is 163 g/mol. The summed E-state index contributed by atoms with van der Waals surface area (Å²) in [5.41, 5.74) is 6.14. The van der Waals surface area contributed by atoms with Crippen LogP contribution in [0.25, 0.3) is 0 Å². The summed E-state index contributed by atoms with van der Waals surface area (Å²) in [6.07, 6.45) is 0.624. The lowest BCUT2D eigenvalue weighted by atomic mass is 10.2. The fourth-order valence-electron chi connectivity index (χ4n) is 0.972. The van der Waals surface area contributed by atoms with Gasteiger partial charge in [-0.2, -0.15) is 5.26 Å². The molecule has 0 aromatic carbocycles. The molecule has 1 aromatic rings. The molecule has 1 rings (SSSR count). The van der Waals surface area contributed by atoms with E-state index in [4.69, 9.17) is 11.0 Å². The first-order chi connectivity index (χ1) is 5.76. The molecule has 0 aliphatic heterocycles. The van der Waals surface area contributed by atoms with Crippen LogP contribution in [0.4, 0.5) is 0 Å². The Labute approximate surface area is 69.6 Å². The van der Waals surface area contributed by atoms with Crippen LogP contribution < -0.4 is 11.3 Å². The van der Waals surface area contributed by atoms with Gasteiger partial charge in [-0.05, 0) is 24.6 Å². The number of aromatic nitrogens is 1. The molecule has 1 heterocycles. The standard InChI is InChI=1S/C8H9N3O/c9-2-1-6-3-7(5-10)11-8(12)4-6/h3-4H,1-2,9H2,(H,11,12). The lowest BCUT2D eigenvalue weighted by Crippen LogP contribution is -2.10. The van der Waals surface area contributed by atoms with Crippen LogP contribution in [0.3, 0.4) is 0 Å². The van der Waals surface area contributed by atoms with Crippen molar-refractivity contribution in [2.75, 3.05) is 6.54 Å². The highest BCUT2D eigenvalue weighted by Crippen LogP contribution is 1.97. The summed E-state index contributed by atoms with van der Waals surface area (Å²) < 4.78 is 0. The van der Waals surface area contributed by atoms with Gasteiger partial charge in [-0.3, -0.25) is 4.79 Å². The van der Waals surface area contributed by atoms with Crippen molar-refractivity contribution >= 4 is 0 Å². The second kappa shape index (κ2) is 3.69. The summed E-state index contributed by atoms with van der Waals surface area (Å²) in [5.74, 6) is 0. The molecule has 0 radical (unpaired) electrons. The number of rotatable bonds is 2. The van der Waals surface area contributed by atoms with Gasteiger partial charge in [0.15, 0.2) is 0 Å². The summed E-state index contributed by atoms with van der Waals surface area (Å²) in [7, 11) is 0. The van der Waals surface area contributed by atoms with Crippen molar-refractivity contribution < 1.29 is 0 Å². The maximum atomic E-state index is 10.9. The van der Waals surface area contributed by atoms with Crippen molar-refractivity contribution in [2.24, 2.45) is 5.73 Å². The highest BCUT2D eigenvalue weighted by Gasteiger charge is 1.96. The molecule has 0 aliphatic rings. The number of aromatic amines is 1. The maximum absolute atomic E-state index is 10.9. The van der Waals surface area contributed by atoms with Crippen molar-refractivity contribution in [3.63, 3.8) is 0 Å². The first-order valence-corrected chi connectivity index (χ1v) is 3.59. The predicted molar refractivity (Wildman–Crippen MR) is 44.5 cm³/mol. The highest BCUT2D eigenvalue weighted by molar-refractivity contribution is 5.25. The molecule has 4 heteroatoms. The number of pyridine rings is 1. The van der Waals surface area contributed by atoms with Crippen LogP contribution in [0.2, 0.25) is 0 Å². The van der Waals surface area contributed by atoms with Gasteiger partial charge in [-0.1, -0.05) is 0 Å². The summed E-state index contributed by atoms with van der Waals surface area (Å²) in [6.45, 7) is 0.480. The van der Waals surface area contributed by atoms with Gasteiger partial charge >= 0.3 is 0 Å². The van der Waals surface area contributed by atoms with Crippen LogP contribution in [0.1, 0.15) is 11.3 Å². The molecule has 62 valence electrons. The van der Waals surface area contributed by atoms with Gasteiger partial charge in [0.2, 0.25) is 5.56 Å². The Kier molecular flexibility index (Phi) is 2.62. The topological polar surface area (TPSA) is 82.7 Å². The molecule has 0 amide bonds. The number of nitrogens with two attached hydrogens (primary N) is 1. The first-order valence-electron chi connectivity index (χ1n) is 3.59. The third kappa shape index (κ3) is 1.94. The maximum Gasteiger partial charge on any atom is 0.249 e. The number of hydrogen-bond acceptors (Lipinski definition) is 3. The highest BCUT2D eigenvalue weighted by atomic mass is 16.1. The minimum Gasteiger partial charge on any atom is -0.330 e. The SMILES string of the molecule is N#Cc1cc(CCN)cc(=O)[nH]1. The number of nitrogens with zero attached hydrogens (tertiary/aromatic N) is 1. The largest absolute Gasteiger partial charge is 0.330 e. The Bertz CT molecular complexity index is 361. The Morgan fingerprint density at radius 1 is 1.58 bits per heavy atom. The van der Waals surface area contributed by atoms with Gasteiger partial charge in [-0.15, -0.1) is 0 Å². The molecular weight excluding hydrogens is 154 g/mol. The molecule has 0 aliphatic carbocycles. The second-order valence-corrected chi connectivity index (χ2v) is 2.42. The van der Waals surface area contributed by atoms with Crippen LogP contribution in [0.15, 0.2) is 16.9 Å². The summed E-state index contributed by atoms with van der Waals surface area (Å²) in [4.78, 5) is 13.3. The smallest absolute Gasteiger partial charge is 0.249 e. The van der Waals surface area contributed by atoms with Crippen LogP contribution >= 0.6 is 0 Å². The molecule has 0 saturated heterocycles. The van der Waals surface area contributed by atoms with Crippen LogP contribution in [-0.2, 0) is 6.42 Å². The molecule has 0 atom stereocenters. The lowest BCUT2D eigenvalue weighted by Gasteiger charge is -1.96. The average Bonchev–Trinajstić information content (AvgIpc) is 2.04. The fraction of sp³-hybridized carbons (Fsp3) is 0.250. The monoisotopic (exact) mass is 163 g/mol. The van der Waals surface area contributed by atoms with E-state index in [1.165, 1.54) is 6.07 Å². The van der Waals surface area contributed by atoms with Gasteiger partial charge in [-0.25, -0.2) is 0 Å². The van der Waals surface area contributed by atoms with Gasteiger partial charge in [0.25, 0.3) is 0 Å². The number of nitrogens with one attached hydrogen (secondary N) is 1. The third-order valence-electron chi connectivity index (χ3n) is 1.46.